The Kier molecular flexibility index (Phi) is 4.21. The summed E-state index contributed by atoms with van der Waals surface area (Å²) in [6.07, 6.45) is 3.28. The number of aryl methyl sites for hydroxylation is 1. The average molecular weight is 341 g/mol. The summed E-state index contributed by atoms with van der Waals surface area (Å²) in [6, 6.07) is 2.82. The summed E-state index contributed by atoms with van der Waals surface area (Å²) in [5.41, 5.74) is 1.36. The Balaban J connectivity index is 2.27. The van der Waals surface area contributed by atoms with Gasteiger partial charge in [0.15, 0.2) is 5.75 Å². The minimum absolute atomic E-state index is 0.0446. The Hall–Kier alpha value is -1.81. The molecule has 1 N–H and O–H groups in total. The lowest BCUT2D eigenvalue weighted by atomic mass is 9.90. The van der Waals surface area contributed by atoms with E-state index >= 15 is 0 Å². The maximum atomic E-state index is 12.0. The fourth-order valence-corrected chi connectivity index (χ4v) is 3.25. The van der Waals surface area contributed by atoms with Crippen molar-refractivity contribution >= 4 is 27.9 Å². The van der Waals surface area contributed by atoms with Gasteiger partial charge in [0, 0.05) is 21.6 Å². The summed E-state index contributed by atoms with van der Waals surface area (Å²) in [5.74, 6) is -0.0680. The van der Waals surface area contributed by atoms with E-state index in [1.807, 2.05) is 0 Å². The standard InChI is InChI=1S/C13H10O7P2/c14-13-8-4-2-1-3-7(8)9-5-11(19-21-15)12(20-22(16)17)6-10(9)18-13/h5-6H,1-4H2/p+1. The molecule has 1 unspecified atom stereocenters. The number of hydrogen-bond acceptors (Lipinski definition) is 6. The highest BCUT2D eigenvalue weighted by Gasteiger charge is 2.24. The first-order chi connectivity index (χ1) is 10.6. The lowest BCUT2D eigenvalue weighted by Gasteiger charge is -2.16. The van der Waals surface area contributed by atoms with Crippen LogP contribution in [0.15, 0.2) is 21.3 Å². The molecule has 1 aromatic carbocycles. The molecule has 1 aromatic heterocycles. The zero-order valence-electron chi connectivity index (χ0n) is 11.3. The van der Waals surface area contributed by atoms with Gasteiger partial charge in [-0.3, -0.25) is 0 Å². The molecule has 0 aliphatic heterocycles. The Bertz CT molecular complexity index is 827. The predicted molar refractivity (Wildman–Crippen MR) is 77.8 cm³/mol. The maximum Gasteiger partial charge on any atom is 0.747 e. The van der Waals surface area contributed by atoms with Crippen LogP contribution in [0.4, 0.5) is 0 Å². The molecular formula is C13H11O7P2+. The van der Waals surface area contributed by atoms with Gasteiger partial charge in [0.2, 0.25) is 5.75 Å². The number of fused-ring (bicyclic) bond motifs is 3. The SMILES string of the molecule is O=POc1cc2c3c(c(=O)oc2cc1O[P+](=O)O)CCCC3. The maximum absolute atomic E-state index is 12.0. The van der Waals surface area contributed by atoms with Crippen molar-refractivity contribution in [1.82, 2.24) is 0 Å². The summed E-state index contributed by atoms with van der Waals surface area (Å²) in [4.78, 5) is 20.9. The molecule has 0 saturated carbocycles. The lowest BCUT2D eigenvalue weighted by molar-refractivity contribution is 0.402. The normalized spacial score (nSPS) is 14.7. The van der Waals surface area contributed by atoms with E-state index in [0.717, 1.165) is 24.8 Å². The zero-order chi connectivity index (χ0) is 15.7. The highest BCUT2D eigenvalue weighted by Crippen LogP contribution is 2.40. The molecule has 9 heteroatoms. The smallest absolute Gasteiger partial charge is 0.422 e. The highest BCUT2D eigenvalue weighted by atomic mass is 31.1. The van der Waals surface area contributed by atoms with Crippen molar-refractivity contribution in [2.24, 2.45) is 0 Å². The topological polar surface area (TPSA) is 103 Å². The first kappa shape index (κ1) is 15.1. The van der Waals surface area contributed by atoms with Gasteiger partial charge in [-0.2, -0.15) is 0 Å². The van der Waals surface area contributed by atoms with Gasteiger partial charge in [-0.25, -0.2) is 13.9 Å². The van der Waals surface area contributed by atoms with E-state index in [1.54, 1.807) is 0 Å². The van der Waals surface area contributed by atoms with Crippen LogP contribution in [0.25, 0.3) is 11.0 Å². The molecule has 114 valence electrons. The quantitative estimate of drug-likeness (QED) is 0.672. The summed E-state index contributed by atoms with van der Waals surface area (Å²) in [6.45, 7) is 0. The predicted octanol–water partition coefficient (Wildman–Crippen LogP) is 3.29. The third-order valence-electron chi connectivity index (χ3n) is 3.60. The van der Waals surface area contributed by atoms with E-state index < -0.39 is 22.6 Å². The van der Waals surface area contributed by atoms with Crippen molar-refractivity contribution in [2.75, 3.05) is 0 Å². The fourth-order valence-electron chi connectivity index (χ4n) is 2.72. The van der Waals surface area contributed by atoms with Crippen molar-refractivity contribution in [3.05, 3.63) is 33.7 Å². The van der Waals surface area contributed by atoms with Gasteiger partial charge in [-0.1, -0.05) is 0 Å². The van der Waals surface area contributed by atoms with E-state index in [1.165, 1.54) is 12.1 Å². The van der Waals surface area contributed by atoms with Crippen LogP contribution in [0.2, 0.25) is 0 Å². The molecule has 0 saturated heterocycles. The van der Waals surface area contributed by atoms with Crippen LogP contribution in [0, 0.1) is 0 Å². The molecule has 0 bridgehead atoms. The van der Waals surface area contributed by atoms with Gasteiger partial charge in [0.1, 0.15) is 5.58 Å². The molecule has 1 aliphatic rings. The molecule has 0 radical (unpaired) electrons. The Morgan fingerprint density at radius 2 is 1.91 bits per heavy atom. The molecule has 1 aliphatic carbocycles. The van der Waals surface area contributed by atoms with Gasteiger partial charge < -0.3 is 8.94 Å². The first-order valence-corrected chi connectivity index (χ1v) is 8.42. The van der Waals surface area contributed by atoms with Crippen molar-refractivity contribution in [2.45, 2.75) is 25.7 Å². The molecule has 0 fully saturated rings. The molecule has 7 nitrogen and oxygen atoms in total. The number of hydrogen-bond donors (Lipinski definition) is 1. The highest BCUT2D eigenvalue weighted by molar-refractivity contribution is 7.32. The molecule has 3 rings (SSSR count). The summed E-state index contributed by atoms with van der Waals surface area (Å²) in [5, 5.41) is 0.661. The third kappa shape index (κ3) is 2.75. The number of rotatable bonds is 4. The lowest BCUT2D eigenvalue weighted by Crippen LogP contribution is -2.15. The molecule has 0 spiro atoms. The van der Waals surface area contributed by atoms with E-state index in [2.05, 4.69) is 0 Å². The van der Waals surface area contributed by atoms with E-state index in [0.29, 0.717) is 17.4 Å². The van der Waals surface area contributed by atoms with Gasteiger partial charge in [0.05, 0.1) is 0 Å². The minimum atomic E-state index is -2.93. The Morgan fingerprint density at radius 1 is 1.18 bits per heavy atom. The zero-order valence-corrected chi connectivity index (χ0v) is 13.1. The van der Waals surface area contributed by atoms with E-state index in [9.17, 15) is 13.9 Å². The molecule has 0 amide bonds. The minimum Gasteiger partial charge on any atom is -0.422 e. The van der Waals surface area contributed by atoms with Crippen molar-refractivity contribution in [1.29, 1.82) is 0 Å². The van der Waals surface area contributed by atoms with Gasteiger partial charge in [-0.05, 0) is 37.3 Å². The van der Waals surface area contributed by atoms with Crippen LogP contribution in [-0.2, 0) is 22.0 Å². The van der Waals surface area contributed by atoms with Crippen LogP contribution in [0.5, 0.6) is 11.5 Å². The molecule has 22 heavy (non-hydrogen) atoms. The van der Waals surface area contributed by atoms with Crippen LogP contribution < -0.4 is 14.7 Å². The van der Waals surface area contributed by atoms with Gasteiger partial charge in [-0.15, -0.1) is 4.89 Å². The summed E-state index contributed by atoms with van der Waals surface area (Å²) < 4.78 is 36.5. The van der Waals surface area contributed by atoms with E-state index in [-0.39, 0.29) is 17.1 Å². The number of benzene rings is 1. The van der Waals surface area contributed by atoms with Gasteiger partial charge in [0.25, 0.3) is 0 Å². The Morgan fingerprint density at radius 3 is 2.59 bits per heavy atom. The second-order valence-corrected chi connectivity index (χ2v) is 5.83. The summed E-state index contributed by atoms with van der Waals surface area (Å²) >= 11 is 0. The monoisotopic (exact) mass is 341 g/mol. The molecular weight excluding hydrogens is 330 g/mol. The van der Waals surface area contributed by atoms with E-state index in [4.69, 9.17) is 18.4 Å². The largest absolute Gasteiger partial charge is 0.747 e. The summed E-state index contributed by atoms with van der Waals surface area (Å²) in [7, 11) is -3.55. The van der Waals surface area contributed by atoms with Crippen molar-refractivity contribution in [3.63, 3.8) is 0 Å². The second-order valence-electron chi connectivity index (χ2n) is 4.84. The van der Waals surface area contributed by atoms with Crippen LogP contribution in [0.3, 0.4) is 0 Å². The van der Waals surface area contributed by atoms with Crippen molar-refractivity contribution in [3.8, 4) is 11.5 Å². The van der Waals surface area contributed by atoms with Crippen LogP contribution >= 0.6 is 16.9 Å². The molecule has 1 heterocycles. The van der Waals surface area contributed by atoms with Crippen LogP contribution in [0.1, 0.15) is 24.0 Å². The van der Waals surface area contributed by atoms with Crippen LogP contribution in [-0.4, -0.2) is 4.89 Å². The second kappa shape index (κ2) is 6.13. The van der Waals surface area contributed by atoms with Gasteiger partial charge >= 0.3 is 22.6 Å². The van der Waals surface area contributed by atoms with Crippen molar-refractivity contribution < 1.29 is 27.5 Å². The average Bonchev–Trinajstić information content (AvgIpc) is 2.48. The first-order valence-electron chi connectivity index (χ1n) is 6.56. The Labute approximate surface area is 127 Å². The fraction of sp³-hybridized carbons (Fsp3) is 0.308. The molecule has 1 atom stereocenters. The third-order valence-corrected chi connectivity index (χ3v) is 4.22. The molecule has 2 aromatic rings.